The zero-order valence-corrected chi connectivity index (χ0v) is 17.8. The molecular weight excluding hydrogens is 400 g/mol. The lowest BCUT2D eigenvalue weighted by Crippen LogP contribution is -2.50. The van der Waals surface area contributed by atoms with Crippen molar-refractivity contribution in [3.8, 4) is 11.5 Å². The Hall–Kier alpha value is -2.81. The van der Waals surface area contributed by atoms with Gasteiger partial charge in [0.1, 0.15) is 13.2 Å². The maximum absolute atomic E-state index is 13.1. The molecule has 3 aliphatic rings. The Bertz CT molecular complexity index is 944. The number of carbonyl (C=O) groups excluding carboxylic acids is 1. The molecule has 2 fully saturated rings. The fourth-order valence-electron chi connectivity index (χ4n) is 4.37. The van der Waals surface area contributed by atoms with Gasteiger partial charge in [0.15, 0.2) is 17.3 Å². The Morgan fingerprint density at radius 3 is 2.94 bits per heavy atom. The second-order valence-corrected chi connectivity index (χ2v) is 8.57. The summed E-state index contributed by atoms with van der Waals surface area (Å²) >= 11 is 0. The number of likely N-dealkylation sites (tertiary alicyclic amines) is 1. The van der Waals surface area contributed by atoms with E-state index >= 15 is 0 Å². The van der Waals surface area contributed by atoms with Crippen molar-refractivity contribution in [2.45, 2.75) is 43.4 Å². The number of carbonyl (C=O) groups is 1. The smallest absolute Gasteiger partial charge is 0.321 e. The molecule has 1 aromatic heterocycles. The van der Waals surface area contributed by atoms with Crippen LogP contribution in [0, 0.1) is 0 Å². The van der Waals surface area contributed by atoms with Crippen LogP contribution in [0.4, 0.5) is 10.5 Å². The molecule has 2 aliphatic heterocycles. The number of aromatic nitrogens is 2. The van der Waals surface area contributed by atoms with E-state index in [0.29, 0.717) is 61.8 Å². The van der Waals surface area contributed by atoms with Gasteiger partial charge in [-0.2, -0.15) is 4.98 Å². The maximum Gasteiger partial charge on any atom is 0.321 e. The van der Waals surface area contributed by atoms with Gasteiger partial charge >= 0.3 is 6.03 Å². The number of nitrogens with zero attached hydrogens (tertiary/aromatic N) is 3. The van der Waals surface area contributed by atoms with Crippen molar-refractivity contribution in [2.24, 2.45) is 0 Å². The molecule has 2 aromatic rings. The summed E-state index contributed by atoms with van der Waals surface area (Å²) in [6, 6.07) is 5.30. The Labute approximate surface area is 181 Å². The summed E-state index contributed by atoms with van der Waals surface area (Å²) in [5.74, 6) is 3.17. The van der Waals surface area contributed by atoms with Crippen LogP contribution in [0.1, 0.15) is 49.7 Å². The summed E-state index contributed by atoms with van der Waals surface area (Å²) in [6.07, 6.45) is 4.72. The molecule has 0 radical (unpaired) electrons. The highest BCUT2D eigenvalue weighted by atomic mass is 16.6. The lowest BCUT2D eigenvalue weighted by atomic mass is 9.76. The van der Waals surface area contributed by atoms with Crippen molar-refractivity contribution in [2.75, 3.05) is 45.3 Å². The van der Waals surface area contributed by atoms with Crippen LogP contribution in [0.25, 0.3) is 0 Å². The summed E-state index contributed by atoms with van der Waals surface area (Å²) in [4.78, 5) is 19.7. The molecule has 0 spiro atoms. The number of piperidine rings is 1. The van der Waals surface area contributed by atoms with E-state index in [1.165, 1.54) is 0 Å². The third kappa shape index (κ3) is 4.19. The van der Waals surface area contributed by atoms with Gasteiger partial charge in [0.05, 0.1) is 5.41 Å². The molecule has 9 nitrogen and oxygen atoms in total. The minimum absolute atomic E-state index is 0.149. The van der Waals surface area contributed by atoms with Crippen molar-refractivity contribution in [1.82, 2.24) is 15.0 Å². The van der Waals surface area contributed by atoms with Crippen LogP contribution >= 0.6 is 0 Å². The van der Waals surface area contributed by atoms with Gasteiger partial charge in [-0.1, -0.05) is 5.16 Å². The topological polar surface area (TPSA) is 99.0 Å². The molecule has 1 aromatic carbocycles. The van der Waals surface area contributed by atoms with Gasteiger partial charge in [-0.05, 0) is 44.2 Å². The Morgan fingerprint density at radius 2 is 2.13 bits per heavy atom. The Morgan fingerprint density at radius 1 is 1.29 bits per heavy atom. The summed E-state index contributed by atoms with van der Waals surface area (Å²) < 4.78 is 22.1. The quantitative estimate of drug-likeness (QED) is 0.753. The minimum Gasteiger partial charge on any atom is -0.486 e. The third-order valence-electron chi connectivity index (χ3n) is 6.28. The van der Waals surface area contributed by atoms with Crippen molar-refractivity contribution in [3.05, 3.63) is 29.9 Å². The number of rotatable bonds is 6. The maximum atomic E-state index is 13.1. The number of nitrogens with one attached hydrogen (secondary N) is 1. The van der Waals surface area contributed by atoms with Crippen LogP contribution in [0.5, 0.6) is 11.5 Å². The molecule has 1 unspecified atom stereocenters. The first kappa shape index (κ1) is 20.1. The first-order valence-corrected chi connectivity index (χ1v) is 11.0. The Balaban J connectivity index is 1.32. The summed E-state index contributed by atoms with van der Waals surface area (Å²) in [6.45, 7) is 2.82. The molecule has 1 atom stereocenters. The van der Waals surface area contributed by atoms with E-state index in [4.69, 9.17) is 23.7 Å². The van der Waals surface area contributed by atoms with Gasteiger partial charge in [0, 0.05) is 44.5 Å². The van der Waals surface area contributed by atoms with E-state index in [1.807, 2.05) is 17.0 Å². The molecule has 166 valence electrons. The number of methoxy groups -OCH3 is 1. The lowest BCUT2D eigenvalue weighted by Gasteiger charge is -2.40. The molecule has 0 bridgehead atoms. The third-order valence-corrected chi connectivity index (χ3v) is 6.28. The molecule has 1 N–H and O–H groups in total. The van der Waals surface area contributed by atoms with E-state index < -0.39 is 0 Å². The number of amides is 2. The highest BCUT2D eigenvalue weighted by Crippen LogP contribution is 2.42. The average molecular weight is 428 g/mol. The number of fused-ring (bicyclic) bond motifs is 1. The van der Waals surface area contributed by atoms with Gasteiger partial charge < -0.3 is 29.0 Å². The van der Waals surface area contributed by atoms with Crippen LogP contribution in [-0.2, 0) is 10.2 Å². The van der Waals surface area contributed by atoms with Gasteiger partial charge in [-0.25, -0.2) is 4.79 Å². The first-order chi connectivity index (χ1) is 15.2. The molecule has 9 heteroatoms. The highest BCUT2D eigenvalue weighted by Gasteiger charge is 2.43. The monoisotopic (exact) mass is 428 g/mol. The van der Waals surface area contributed by atoms with Gasteiger partial charge in [-0.15, -0.1) is 0 Å². The van der Waals surface area contributed by atoms with Crippen molar-refractivity contribution >= 4 is 11.7 Å². The van der Waals surface area contributed by atoms with Crippen LogP contribution in [0.15, 0.2) is 22.7 Å². The number of hydrogen-bond acceptors (Lipinski definition) is 7. The second kappa shape index (κ2) is 8.37. The van der Waals surface area contributed by atoms with Crippen molar-refractivity contribution in [3.63, 3.8) is 0 Å². The highest BCUT2D eigenvalue weighted by molar-refractivity contribution is 5.90. The summed E-state index contributed by atoms with van der Waals surface area (Å²) in [7, 11) is 1.69. The van der Waals surface area contributed by atoms with E-state index in [-0.39, 0.29) is 11.4 Å². The standard InChI is InChI=1S/C22H28N4O5/c1-28-10-8-22(20-24-19(31-25-20)15-3-4-15)7-2-9-26(14-22)21(27)23-16-5-6-17-18(13-16)30-12-11-29-17/h5-6,13,15H,2-4,7-12,14H2,1H3,(H,23,27). The van der Waals surface area contributed by atoms with E-state index in [1.54, 1.807) is 13.2 Å². The molecule has 1 saturated carbocycles. The van der Waals surface area contributed by atoms with Crippen LogP contribution in [0.3, 0.4) is 0 Å². The number of urea groups is 1. The summed E-state index contributed by atoms with van der Waals surface area (Å²) in [5, 5.41) is 7.32. The SMILES string of the molecule is COCCC1(c2noc(C3CC3)n2)CCCN(C(=O)Nc2ccc3c(c2)OCCO3)C1. The minimum atomic E-state index is -0.366. The molecule has 2 amide bonds. The van der Waals surface area contributed by atoms with Crippen LogP contribution < -0.4 is 14.8 Å². The molecule has 1 saturated heterocycles. The number of benzene rings is 1. The van der Waals surface area contributed by atoms with Gasteiger partial charge in [0.25, 0.3) is 0 Å². The molecule has 3 heterocycles. The molecule has 31 heavy (non-hydrogen) atoms. The fourth-order valence-corrected chi connectivity index (χ4v) is 4.37. The predicted octanol–water partition coefficient (Wildman–Crippen LogP) is 3.32. The van der Waals surface area contributed by atoms with E-state index in [0.717, 1.165) is 38.0 Å². The number of anilines is 1. The molecule has 5 rings (SSSR count). The van der Waals surface area contributed by atoms with E-state index in [2.05, 4.69) is 10.5 Å². The van der Waals surface area contributed by atoms with Gasteiger partial charge in [-0.3, -0.25) is 0 Å². The predicted molar refractivity (Wildman–Crippen MR) is 112 cm³/mol. The zero-order valence-electron chi connectivity index (χ0n) is 17.8. The van der Waals surface area contributed by atoms with E-state index in [9.17, 15) is 4.79 Å². The summed E-state index contributed by atoms with van der Waals surface area (Å²) in [5.41, 5.74) is 0.313. The largest absolute Gasteiger partial charge is 0.486 e. The Kier molecular flexibility index (Phi) is 5.43. The van der Waals surface area contributed by atoms with Crippen LogP contribution in [-0.4, -0.2) is 61.1 Å². The second-order valence-electron chi connectivity index (χ2n) is 8.57. The molecular formula is C22H28N4O5. The van der Waals surface area contributed by atoms with Crippen molar-refractivity contribution in [1.29, 1.82) is 0 Å². The van der Waals surface area contributed by atoms with Crippen molar-refractivity contribution < 1.29 is 23.5 Å². The number of hydrogen-bond donors (Lipinski definition) is 1. The molecule has 1 aliphatic carbocycles. The average Bonchev–Trinajstić information content (AvgIpc) is 3.53. The fraction of sp³-hybridized carbons (Fsp3) is 0.591. The number of ether oxygens (including phenoxy) is 3. The first-order valence-electron chi connectivity index (χ1n) is 11.0. The zero-order chi connectivity index (χ0) is 21.3. The lowest BCUT2D eigenvalue weighted by molar-refractivity contribution is 0.111. The van der Waals surface area contributed by atoms with Crippen LogP contribution in [0.2, 0.25) is 0 Å². The normalized spacial score (nSPS) is 22.9. The van der Waals surface area contributed by atoms with Gasteiger partial charge in [0.2, 0.25) is 5.89 Å².